The summed E-state index contributed by atoms with van der Waals surface area (Å²) in [7, 11) is 3.49. The van der Waals surface area contributed by atoms with Crippen LogP contribution in [0.15, 0.2) is 18.2 Å². The van der Waals surface area contributed by atoms with Crippen LogP contribution in [-0.2, 0) is 11.3 Å². The highest BCUT2D eigenvalue weighted by atomic mass is 35.5. The Kier molecular flexibility index (Phi) is 6.16. The van der Waals surface area contributed by atoms with E-state index in [0.717, 1.165) is 24.2 Å². The fourth-order valence-corrected chi connectivity index (χ4v) is 4.77. The lowest BCUT2D eigenvalue weighted by Crippen LogP contribution is -2.51. The topological polar surface area (TPSA) is 61.9 Å². The average molecular weight is 422 g/mol. The fraction of sp³-hybridized carbons (Fsp3) is 0.636. The van der Waals surface area contributed by atoms with E-state index in [1.54, 1.807) is 13.2 Å². The minimum atomic E-state index is -0.729. The lowest BCUT2D eigenvalue weighted by atomic mass is 9.67. The van der Waals surface area contributed by atoms with Crippen molar-refractivity contribution in [2.24, 2.45) is 11.3 Å². The van der Waals surface area contributed by atoms with E-state index in [1.165, 1.54) is 4.90 Å². The summed E-state index contributed by atoms with van der Waals surface area (Å²) in [4.78, 5) is 29.1. The van der Waals surface area contributed by atoms with Gasteiger partial charge in [-0.25, -0.2) is 9.69 Å². The van der Waals surface area contributed by atoms with Crippen molar-refractivity contribution in [3.8, 4) is 5.75 Å². The van der Waals surface area contributed by atoms with Crippen LogP contribution in [0.5, 0.6) is 5.75 Å². The molecule has 1 N–H and O–H groups in total. The Hall–Kier alpha value is -1.79. The molecule has 1 aliphatic carbocycles. The maximum absolute atomic E-state index is 13.2. The molecular formula is C22H32ClN3O3. The number of halogens is 1. The predicted molar refractivity (Wildman–Crippen MR) is 114 cm³/mol. The van der Waals surface area contributed by atoms with Gasteiger partial charge in [-0.15, -0.1) is 0 Å². The van der Waals surface area contributed by atoms with Gasteiger partial charge in [0.2, 0.25) is 0 Å². The third-order valence-corrected chi connectivity index (χ3v) is 6.61. The van der Waals surface area contributed by atoms with E-state index >= 15 is 0 Å². The lowest BCUT2D eigenvalue weighted by Gasteiger charge is -2.40. The number of ether oxygens (including phenoxy) is 1. The average Bonchev–Trinajstić information content (AvgIpc) is 2.85. The molecule has 1 aromatic carbocycles. The minimum Gasteiger partial charge on any atom is -0.496 e. The van der Waals surface area contributed by atoms with E-state index in [1.807, 2.05) is 24.1 Å². The Balaban J connectivity index is 1.66. The molecule has 2 fully saturated rings. The minimum absolute atomic E-state index is 0.0974. The highest BCUT2D eigenvalue weighted by Crippen LogP contribution is 2.43. The van der Waals surface area contributed by atoms with Gasteiger partial charge in [0.15, 0.2) is 0 Å². The van der Waals surface area contributed by atoms with Gasteiger partial charge >= 0.3 is 6.03 Å². The van der Waals surface area contributed by atoms with Crippen LogP contribution in [0.25, 0.3) is 0 Å². The van der Waals surface area contributed by atoms with Crippen molar-refractivity contribution in [2.45, 2.75) is 58.5 Å². The molecule has 1 aromatic rings. The molecule has 0 unspecified atom stereocenters. The van der Waals surface area contributed by atoms with E-state index < -0.39 is 5.54 Å². The Morgan fingerprint density at radius 3 is 2.52 bits per heavy atom. The summed E-state index contributed by atoms with van der Waals surface area (Å²) < 4.78 is 5.40. The largest absolute Gasteiger partial charge is 0.496 e. The molecule has 0 aromatic heterocycles. The SMILES string of the molecule is COc1ccc(Cl)cc1CN(C)CN1C(=O)NC2(CCC(C(C)(C)C)CC2)C1=O. The predicted octanol–water partition coefficient (Wildman–Crippen LogP) is 4.26. The number of benzene rings is 1. The van der Waals surface area contributed by atoms with Crippen LogP contribution in [0.2, 0.25) is 5.02 Å². The Bertz CT molecular complexity index is 782. The summed E-state index contributed by atoms with van der Waals surface area (Å²) in [5.41, 5.74) is 0.409. The number of carbonyl (C=O) groups is 2. The second kappa shape index (κ2) is 8.15. The monoisotopic (exact) mass is 421 g/mol. The second-order valence-electron chi connectivity index (χ2n) is 9.50. The summed E-state index contributed by atoms with van der Waals surface area (Å²) in [5.74, 6) is 1.21. The van der Waals surface area contributed by atoms with Crippen LogP contribution in [0.3, 0.4) is 0 Å². The normalized spacial score (nSPS) is 25.1. The number of methoxy groups -OCH3 is 1. The number of hydrogen-bond donors (Lipinski definition) is 1. The number of rotatable bonds is 5. The van der Waals surface area contributed by atoms with Crippen LogP contribution in [0.1, 0.15) is 52.0 Å². The molecule has 1 saturated heterocycles. The molecule has 1 spiro atoms. The summed E-state index contributed by atoms with van der Waals surface area (Å²) in [6.45, 7) is 7.48. The summed E-state index contributed by atoms with van der Waals surface area (Å²) in [6, 6.07) is 5.15. The molecule has 0 bridgehead atoms. The highest BCUT2D eigenvalue weighted by molar-refractivity contribution is 6.30. The van der Waals surface area contributed by atoms with Crippen molar-refractivity contribution < 1.29 is 14.3 Å². The molecule has 3 rings (SSSR count). The number of nitrogens with zero attached hydrogens (tertiary/aromatic N) is 2. The Labute approximate surface area is 178 Å². The summed E-state index contributed by atoms with van der Waals surface area (Å²) >= 11 is 6.11. The number of hydrogen-bond acceptors (Lipinski definition) is 4. The number of urea groups is 1. The van der Waals surface area contributed by atoms with Crippen LogP contribution < -0.4 is 10.1 Å². The van der Waals surface area contributed by atoms with Gasteiger partial charge in [-0.2, -0.15) is 0 Å². The van der Waals surface area contributed by atoms with Gasteiger partial charge < -0.3 is 10.1 Å². The molecule has 1 saturated carbocycles. The van der Waals surface area contributed by atoms with E-state index in [-0.39, 0.29) is 24.0 Å². The molecule has 2 aliphatic rings. The van der Waals surface area contributed by atoms with Gasteiger partial charge in [0.05, 0.1) is 13.8 Å². The molecule has 160 valence electrons. The molecule has 0 radical (unpaired) electrons. The van der Waals surface area contributed by atoms with Crippen molar-refractivity contribution in [3.63, 3.8) is 0 Å². The first-order valence-corrected chi connectivity index (χ1v) is 10.6. The van der Waals surface area contributed by atoms with Gasteiger partial charge in [-0.3, -0.25) is 9.69 Å². The molecular weight excluding hydrogens is 390 g/mol. The maximum atomic E-state index is 13.2. The molecule has 0 atom stereocenters. The van der Waals surface area contributed by atoms with Crippen LogP contribution in [0.4, 0.5) is 4.79 Å². The van der Waals surface area contributed by atoms with Gasteiger partial charge in [-0.1, -0.05) is 32.4 Å². The van der Waals surface area contributed by atoms with E-state index in [2.05, 4.69) is 26.1 Å². The van der Waals surface area contributed by atoms with Gasteiger partial charge in [0.1, 0.15) is 11.3 Å². The van der Waals surface area contributed by atoms with Crippen molar-refractivity contribution in [1.29, 1.82) is 0 Å². The van der Waals surface area contributed by atoms with Gasteiger partial charge in [0, 0.05) is 17.1 Å². The molecule has 7 heteroatoms. The van der Waals surface area contributed by atoms with Crippen molar-refractivity contribution >= 4 is 23.5 Å². The molecule has 29 heavy (non-hydrogen) atoms. The van der Waals surface area contributed by atoms with E-state index in [9.17, 15) is 9.59 Å². The van der Waals surface area contributed by atoms with Gasteiger partial charge in [-0.05, 0) is 62.3 Å². The standard InChI is InChI=1S/C22H32ClN3O3/c1-21(2,3)16-8-10-22(11-9-16)19(27)26(20(28)24-22)14-25(4)13-15-12-17(23)6-7-18(15)29-5/h6-7,12,16H,8-11,13-14H2,1-5H3,(H,24,28). The van der Waals surface area contributed by atoms with Crippen molar-refractivity contribution in [3.05, 3.63) is 28.8 Å². The van der Waals surface area contributed by atoms with Crippen LogP contribution >= 0.6 is 11.6 Å². The first-order valence-electron chi connectivity index (χ1n) is 10.2. The lowest BCUT2D eigenvalue weighted by molar-refractivity contribution is -0.134. The number of nitrogens with one attached hydrogen (secondary N) is 1. The van der Waals surface area contributed by atoms with Gasteiger partial charge in [0.25, 0.3) is 5.91 Å². The van der Waals surface area contributed by atoms with E-state index in [0.29, 0.717) is 30.3 Å². The van der Waals surface area contributed by atoms with Crippen LogP contribution in [-0.4, -0.2) is 48.1 Å². The smallest absolute Gasteiger partial charge is 0.326 e. The fourth-order valence-electron chi connectivity index (χ4n) is 4.57. The Morgan fingerprint density at radius 1 is 1.28 bits per heavy atom. The van der Waals surface area contributed by atoms with Crippen molar-refractivity contribution in [2.75, 3.05) is 20.8 Å². The molecule has 1 heterocycles. The van der Waals surface area contributed by atoms with E-state index in [4.69, 9.17) is 16.3 Å². The maximum Gasteiger partial charge on any atom is 0.326 e. The summed E-state index contributed by atoms with van der Waals surface area (Å²) in [5, 5.41) is 3.63. The third kappa shape index (κ3) is 4.53. The van der Waals surface area contributed by atoms with Crippen LogP contribution in [0, 0.1) is 11.3 Å². The first-order chi connectivity index (χ1) is 13.6. The second-order valence-corrected chi connectivity index (χ2v) is 9.93. The quantitative estimate of drug-likeness (QED) is 0.721. The first kappa shape index (κ1) is 21.9. The Morgan fingerprint density at radius 2 is 1.93 bits per heavy atom. The van der Waals surface area contributed by atoms with Crippen molar-refractivity contribution in [1.82, 2.24) is 15.1 Å². The zero-order chi connectivity index (χ0) is 21.4. The molecule has 1 aliphatic heterocycles. The molecule has 6 nitrogen and oxygen atoms in total. The number of amides is 3. The number of imide groups is 1. The zero-order valence-corrected chi connectivity index (χ0v) is 18.8. The summed E-state index contributed by atoms with van der Waals surface area (Å²) in [6.07, 6.45) is 3.33. The zero-order valence-electron chi connectivity index (χ0n) is 18.0. The number of carbonyl (C=O) groups excluding carboxylic acids is 2. The highest BCUT2D eigenvalue weighted by Gasteiger charge is 2.53. The molecule has 3 amide bonds. The third-order valence-electron chi connectivity index (χ3n) is 6.38.